The summed E-state index contributed by atoms with van der Waals surface area (Å²) in [6.07, 6.45) is -4.35. The van der Waals surface area contributed by atoms with E-state index < -0.39 is 12.5 Å². The highest BCUT2D eigenvalue weighted by molar-refractivity contribution is 5.81. The van der Waals surface area contributed by atoms with Crippen molar-refractivity contribution in [3.05, 3.63) is 24.3 Å². The van der Waals surface area contributed by atoms with Gasteiger partial charge in [0.15, 0.2) is 6.10 Å². The van der Waals surface area contributed by atoms with Crippen molar-refractivity contribution in [3.8, 4) is 5.75 Å². The summed E-state index contributed by atoms with van der Waals surface area (Å²) >= 11 is 0. The topological polar surface area (TPSA) is 60.0 Å². The quantitative estimate of drug-likeness (QED) is 0.854. The van der Waals surface area contributed by atoms with E-state index in [1.54, 1.807) is 12.1 Å². The van der Waals surface area contributed by atoms with E-state index in [0.717, 1.165) is 25.2 Å². The smallest absolute Gasteiger partial charge is 0.406 e. The predicted molar refractivity (Wildman–Crippen MR) is 87.0 cm³/mol. The molecule has 2 aliphatic heterocycles. The van der Waals surface area contributed by atoms with Crippen molar-refractivity contribution in [2.45, 2.75) is 18.9 Å². The molecule has 2 fully saturated rings. The third-order valence-corrected chi connectivity index (χ3v) is 4.39. The SMILES string of the molecule is O=C(NC[C@H]1CCN(c2ccc(OC(F)(F)F)cc2)C1)[C@H]1COCCO1. The van der Waals surface area contributed by atoms with Crippen LogP contribution in [0.25, 0.3) is 0 Å². The molecule has 0 radical (unpaired) electrons. The van der Waals surface area contributed by atoms with Crippen LogP contribution in [0.4, 0.5) is 18.9 Å². The molecule has 1 aromatic rings. The van der Waals surface area contributed by atoms with E-state index in [0.29, 0.717) is 19.8 Å². The Hall–Kier alpha value is -2.00. The van der Waals surface area contributed by atoms with E-state index in [-0.39, 0.29) is 24.2 Å². The summed E-state index contributed by atoms with van der Waals surface area (Å²) in [6.45, 7) is 3.24. The molecule has 144 valence electrons. The first-order valence-electron chi connectivity index (χ1n) is 8.48. The summed E-state index contributed by atoms with van der Waals surface area (Å²) in [6, 6.07) is 5.82. The predicted octanol–water partition coefficient (Wildman–Crippen LogP) is 1.94. The van der Waals surface area contributed by atoms with Gasteiger partial charge in [0.2, 0.25) is 0 Å². The molecule has 2 heterocycles. The van der Waals surface area contributed by atoms with Gasteiger partial charge in [-0.2, -0.15) is 0 Å². The molecular weight excluding hydrogens is 353 g/mol. The van der Waals surface area contributed by atoms with Gasteiger partial charge in [0.25, 0.3) is 5.91 Å². The third-order valence-electron chi connectivity index (χ3n) is 4.39. The van der Waals surface area contributed by atoms with Crippen molar-refractivity contribution in [2.75, 3.05) is 44.4 Å². The van der Waals surface area contributed by atoms with Crippen molar-refractivity contribution in [3.63, 3.8) is 0 Å². The minimum absolute atomic E-state index is 0.170. The number of rotatable bonds is 5. The second-order valence-electron chi connectivity index (χ2n) is 6.32. The molecule has 0 spiro atoms. The van der Waals surface area contributed by atoms with Crippen molar-refractivity contribution < 1.29 is 32.2 Å². The monoisotopic (exact) mass is 374 g/mol. The number of ether oxygens (including phenoxy) is 3. The summed E-state index contributed by atoms with van der Waals surface area (Å²) in [7, 11) is 0. The van der Waals surface area contributed by atoms with Gasteiger partial charge in [0.1, 0.15) is 5.75 Å². The van der Waals surface area contributed by atoms with Crippen molar-refractivity contribution in [1.82, 2.24) is 5.32 Å². The number of anilines is 1. The summed E-state index contributed by atoms with van der Waals surface area (Å²) < 4.78 is 51.0. The fraction of sp³-hybridized carbons (Fsp3) is 0.588. The standard InChI is InChI=1S/C17H21F3N2O4/c18-17(19,20)26-14-3-1-13(2-4-14)22-6-5-12(10-22)9-21-16(23)15-11-24-7-8-25-15/h1-4,12,15H,5-11H2,(H,21,23)/t12-,15-/m1/s1. The zero-order valence-corrected chi connectivity index (χ0v) is 14.1. The molecule has 9 heteroatoms. The average Bonchev–Trinajstić information content (AvgIpc) is 3.09. The summed E-state index contributed by atoms with van der Waals surface area (Å²) in [5, 5.41) is 2.89. The fourth-order valence-corrected chi connectivity index (χ4v) is 3.09. The summed E-state index contributed by atoms with van der Waals surface area (Å²) in [5.41, 5.74) is 0.831. The molecule has 0 aliphatic carbocycles. The number of benzene rings is 1. The Labute approximate surface area is 149 Å². The van der Waals surface area contributed by atoms with Crippen LogP contribution < -0.4 is 15.0 Å². The summed E-state index contributed by atoms with van der Waals surface area (Å²) in [5.74, 6) is -0.134. The van der Waals surface area contributed by atoms with E-state index in [1.807, 2.05) is 0 Å². The summed E-state index contributed by atoms with van der Waals surface area (Å²) in [4.78, 5) is 14.1. The van der Waals surface area contributed by atoms with Gasteiger partial charge in [0, 0.05) is 25.3 Å². The maximum atomic E-state index is 12.2. The number of amides is 1. The lowest BCUT2D eigenvalue weighted by molar-refractivity contribution is -0.274. The van der Waals surface area contributed by atoms with E-state index in [9.17, 15) is 18.0 Å². The number of hydrogen-bond donors (Lipinski definition) is 1. The first-order valence-corrected chi connectivity index (χ1v) is 8.48. The molecule has 0 aromatic heterocycles. The lowest BCUT2D eigenvalue weighted by Gasteiger charge is -2.23. The Morgan fingerprint density at radius 3 is 2.69 bits per heavy atom. The van der Waals surface area contributed by atoms with E-state index >= 15 is 0 Å². The molecule has 2 atom stereocenters. The van der Waals surface area contributed by atoms with Gasteiger partial charge in [-0.25, -0.2) is 0 Å². The Bertz CT molecular complexity index is 603. The second-order valence-corrected chi connectivity index (χ2v) is 6.32. The Kier molecular flexibility index (Phi) is 5.87. The number of alkyl halides is 3. The molecule has 1 N–H and O–H groups in total. The van der Waals surface area contributed by atoms with Crippen LogP contribution in [0.3, 0.4) is 0 Å². The third kappa shape index (κ3) is 5.25. The number of halogens is 3. The molecule has 1 amide bonds. The fourth-order valence-electron chi connectivity index (χ4n) is 3.09. The average molecular weight is 374 g/mol. The highest BCUT2D eigenvalue weighted by atomic mass is 19.4. The highest BCUT2D eigenvalue weighted by Crippen LogP contribution is 2.28. The normalized spacial score (nSPS) is 23.7. The van der Waals surface area contributed by atoms with Crippen molar-refractivity contribution >= 4 is 11.6 Å². The molecule has 6 nitrogen and oxygen atoms in total. The van der Waals surface area contributed by atoms with Crippen LogP contribution in [-0.4, -0.2) is 57.8 Å². The van der Waals surface area contributed by atoms with Gasteiger partial charge in [-0.1, -0.05) is 0 Å². The highest BCUT2D eigenvalue weighted by Gasteiger charge is 2.31. The van der Waals surface area contributed by atoms with Crippen LogP contribution in [0.5, 0.6) is 5.75 Å². The number of carbonyl (C=O) groups excluding carboxylic acids is 1. The molecule has 2 saturated heterocycles. The molecule has 26 heavy (non-hydrogen) atoms. The van der Waals surface area contributed by atoms with Crippen LogP contribution in [0.2, 0.25) is 0 Å². The van der Waals surface area contributed by atoms with E-state index in [1.165, 1.54) is 12.1 Å². The molecular formula is C17H21F3N2O4. The molecule has 1 aromatic carbocycles. The van der Waals surface area contributed by atoms with Gasteiger partial charge in [-0.15, -0.1) is 13.2 Å². The van der Waals surface area contributed by atoms with Crippen LogP contribution in [0.15, 0.2) is 24.3 Å². The van der Waals surface area contributed by atoms with Gasteiger partial charge >= 0.3 is 6.36 Å². The van der Waals surface area contributed by atoms with Crippen molar-refractivity contribution in [2.24, 2.45) is 5.92 Å². The van der Waals surface area contributed by atoms with E-state index in [4.69, 9.17) is 9.47 Å². The van der Waals surface area contributed by atoms with Crippen LogP contribution >= 0.6 is 0 Å². The van der Waals surface area contributed by atoms with E-state index in [2.05, 4.69) is 15.0 Å². The number of carbonyl (C=O) groups is 1. The first-order chi connectivity index (χ1) is 12.4. The number of nitrogens with zero attached hydrogens (tertiary/aromatic N) is 1. The zero-order valence-electron chi connectivity index (χ0n) is 14.1. The molecule has 0 unspecified atom stereocenters. The Morgan fingerprint density at radius 2 is 2.04 bits per heavy atom. The maximum absolute atomic E-state index is 12.2. The number of nitrogens with one attached hydrogen (secondary N) is 1. The number of hydrogen-bond acceptors (Lipinski definition) is 5. The zero-order chi connectivity index (χ0) is 18.6. The molecule has 3 rings (SSSR count). The Morgan fingerprint density at radius 1 is 1.27 bits per heavy atom. The minimum atomic E-state index is -4.69. The van der Waals surface area contributed by atoms with Crippen LogP contribution in [0.1, 0.15) is 6.42 Å². The first kappa shape index (κ1) is 18.8. The lowest BCUT2D eigenvalue weighted by Crippen LogP contribution is -2.44. The molecule has 0 saturated carbocycles. The van der Waals surface area contributed by atoms with Gasteiger partial charge in [-0.3, -0.25) is 4.79 Å². The largest absolute Gasteiger partial charge is 0.573 e. The van der Waals surface area contributed by atoms with Gasteiger partial charge in [0.05, 0.1) is 19.8 Å². The second kappa shape index (κ2) is 8.13. The van der Waals surface area contributed by atoms with Gasteiger partial charge < -0.3 is 24.4 Å². The van der Waals surface area contributed by atoms with Gasteiger partial charge in [-0.05, 0) is 36.6 Å². The molecule has 0 bridgehead atoms. The molecule has 2 aliphatic rings. The van der Waals surface area contributed by atoms with Crippen LogP contribution in [-0.2, 0) is 14.3 Å². The lowest BCUT2D eigenvalue weighted by atomic mass is 10.1. The minimum Gasteiger partial charge on any atom is -0.406 e. The van der Waals surface area contributed by atoms with Crippen LogP contribution in [0, 0.1) is 5.92 Å². The van der Waals surface area contributed by atoms with Crippen molar-refractivity contribution in [1.29, 1.82) is 0 Å². The Balaban J connectivity index is 1.45. The maximum Gasteiger partial charge on any atom is 0.573 e.